The summed E-state index contributed by atoms with van der Waals surface area (Å²) in [6.07, 6.45) is -3.09. The van der Waals surface area contributed by atoms with Gasteiger partial charge in [-0.3, -0.25) is 10.1 Å². The van der Waals surface area contributed by atoms with Crippen LogP contribution in [0.25, 0.3) is 0 Å². The number of benzene rings is 1. The number of carboxylic acids is 1. The van der Waals surface area contributed by atoms with Gasteiger partial charge in [-0.2, -0.15) is 13.2 Å². The Balaban J connectivity index is 2.21. The average molecular weight is 291 g/mol. The molecule has 20 heavy (non-hydrogen) atoms. The van der Waals surface area contributed by atoms with E-state index in [1.807, 2.05) is 0 Å². The molecule has 1 aromatic rings. The normalized spacial score (nSPS) is 23.6. The van der Waals surface area contributed by atoms with Gasteiger partial charge in [0, 0.05) is 6.04 Å². The summed E-state index contributed by atoms with van der Waals surface area (Å²) >= 11 is 0. The van der Waals surface area contributed by atoms with Gasteiger partial charge in [-0.25, -0.2) is 4.39 Å². The molecule has 0 radical (unpaired) electrons. The zero-order valence-corrected chi connectivity index (χ0v) is 10.4. The number of hydrogen-bond donors (Lipinski definition) is 2. The molecule has 1 aliphatic rings. The van der Waals surface area contributed by atoms with Gasteiger partial charge in [-0.05, 0) is 37.0 Å². The van der Waals surface area contributed by atoms with Gasteiger partial charge in [0.2, 0.25) is 0 Å². The van der Waals surface area contributed by atoms with Crippen LogP contribution in [-0.4, -0.2) is 17.1 Å². The Kier molecular flexibility index (Phi) is 3.99. The third-order valence-electron chi connectivity index (χ3n) is 3.39. The first kappa shape index (κ1) is 14.8. The van der Waals surface area contributed by atoms with E-state index in [0.717, 1.165) is 6.07 Å². The van der Waals surface area contributed by atoms with Crippen LogP contribution in [0.15, 0.2) is 18.2 Å². The van der Waals surface area contributed by atoms with E-state index < -0.39 is 35.6 Å². The van der Waals surface area contributed by atoms with E-state index in [0.29, 0.717) is 30.9 Å². The summed E-state index contributed by atoms with van der Waals surface area (Å²) in [7, 11) is 0. The van der Waals surface area contributed by atoms with Crippen molar-refractivity contribution in [2.45, 2.75) is 37.5 Å². The van der Waals surface area contributed by atoms with Crippen molar-refractivity contribution in [1.82, 2.24) is 5.32 Å². The minimum atomic E-state index is -4.73. The van der Waals surface area contributed by atoms with Crippen LogP contribution in [0.5, 0.6) is 0 Å². The Bertz CT molecular complexity index is 516. The molecule has 7 heteroatoms. The number of carbonyl (C=O) groups is 1. The summed E-state index contributed by atoms with van der Waals surface area (Å²) in [5.41, 5.74) is -0.978. The first-order valence-corrected chi connectivity index (χ1v) is 6.14. The average Bonchev–Trinajstić information content (AvgIpc) is 2.37. The molecule has 2 rings (SSSR count). The van der Waals surface area contributed by atoms with Crippen LogP contribution in [0.1, 0.15) is 36.4 Å². The highest BCUT2D eigenvalue weighted by Gasteiger charge is 2.35. The second-order valence-electron chi connectivity index (χ2n) is 4.78. The van der Waals surface area contributed by atoms with Crippen molar-refractivity contribution in [3.63, 3.8) is 0 Å². The molecule has 2 unspecified atom stereocenters. The molecule has 1 aromatic carbocycles. The molecule has 0 amide bonds. The smallest absolute Gasteiger partial charge is 0.419 e. The molecule has 3 nitrogen and oxygen atoms in total. The zero-order valence-electron chi connectivity index (χ0n) is 10.4. The maximum atomic E-state index is 13.5. The second kappa shape index (κ2) is 5.40. The van der Waals surface area contributed by atoms with Crippen molar-refractivity contribution in [2.24, 2.45) is 0 Å². The Morgan fingerprint density at radius 1 is 1.30 bits per heavy atom. The van der Waals surface area contributed by atoms with Crippen LogP contribution >= 0.6 is 0 Å². The van der Waals surface area contributed by atoms with Crippen molar-refractivity contribution in [3.8, 4) is 0 Å². The van der Waals surface area contributed by atoms with Crippen LogP contribution in [-0.2, 0) is 11.0 Å². The third kappa shape index (κ3) is 3.09. The Morgan fingerprint density at radius 3 is 2.55 bits per heavy atom. The predicted molar refractivity (Wildman–Crippen MR) is 62.6 cm³/mol. The lowest BCUT2D eigenvalue weighted by atomic mass is 9.93. The van der Waals surface area contributed by atoms with Crippen molar-refractivity contribution < 1.29 is 27.5 Å². The van der Waals surface area contributed by atoms with Crippen LogP contribution < -0.4 is 5.32 Å². The molecule has 0 bridgehead atoms. The minimum Gasteiger partial charge on any atom is -0.480 e. The van der Waals surface area contributed by atoms with Crippen molar-refractivity contribution in [3.05, 3.63) is 35.1 Å². The molecular formula is C13H13F4NO2. The summed E-state index contributed by atoms with van der Waals surface area (Å²) in [6.45, 7) is 0. The topological polar surface area (TPSA) is 49.3 Å². The molecule has 0 saturated carbocycles. The summed E-state index contributed by atoms with van der Waals surface area (Å²) in [6, 6.07) is 1.51. The van der Waals surface area contributed by atoms with Crippen LogP contribution in [0.3, 0.4) is 0 Å². The van der Waals surface area contributed by atoms with Crippen molar-refractivity contribution >= 4 is 5.97 Å². The lowest BCUT2D eigenvalue weighted by Crippen LogP contribution is -2.42. The van der Waals surface area contributed by atoms with Crippen LogP contribution in [0.2, 0.25) is 0 Å². The second-order valence-corrected chi connectivity index (χ2v) is 4.78. The van der Waals surface area contributed by atoms with Gasteiger partial charge in [-0.15, -0.1) is 0 Å². The van der Waals surface area contributed by atoms with Gasteiger partial charge in [-0.1, -0.05) is 6.07 Å². The van der Waals surface area contributed by atoms with Gasteiger partial charge in [0.25, 0.3) is 0 Å². The molecule has 0 aromatic heterocycles. The van der Waals surface area contributed by atoms with Crippen molar-refractivity contribution in [2.75, 3.05) is 0 Å². The maximum Gasteiger partial charge on any atom is 0.419 e. The first-order chi connectivity index (χ1) is 9.29. The van der Waals surface area contributed by atoms with E-state index in [2.05, 4.69) is 5.32 Å². The number of aliphatic carboxylic acids is 1. The highest BCUT2D eigenvalue weighted by molar-refractivity contribution is 5.73. The van der Waals surface area contributed by atoms with E-state index in [-0.39, 0.29) is 0 Å². The van der Waals surface area contributed by atoms with Gasteiger partial charge in [0.1, 0.15) is 11.9 Å². The summed E-state index contributed by atoms with van der Waals surface area (Å²) in [5.74, 6) is -2.35. The lowest BCUT2D eigenvalue weighted by molar-refractivity contribution is -0.141. The highest BCUT2D eigenvalue weighted by atomic mass is 19.4. The highest BCUT2D eigenvalue weighted by Crippen LogP contribution is 2.34. The van der Waals surface area contributed by atoms with Gasteiger partial charge in [0.15, 0.2) is 0 Å². The van der Waals surface area contributed by atoms with E-state index in [1.54, 1.807) is 0 Å². The lowest BCUT2D eigenvalue weighted by Gasteiger charge is -2.29. The largest absolute Gasteiger partial charge is 0.480 e. The zero-order chi connectivity index (χ0) is 14.9. The van der Waals surface area contributed by atoms with Crippen LogP contribution in [0.4, 0.5) is 17.6 Å². The van der Waals surface area contributed by atoms with E-state index in [1.165, 1.54) is 6.07 Å². The molecule has 110 valence electrons. The van der Waals surface area contributed by atoms with E-state index in [9.17, 15) is 22.4 Å². The molecule has 2 N–H and O–H groups in total. The number of alkyl halides is 3. The quantitative estimate of drug-likeness (QED) is 0.823. The van der Waals surface area contributed by atoms with Crippen LogP contribution in [0, 0.1) is 5.82 Å². The number of piperidine rings is 1. The van der Waals surface area contributed by atoms with Gasteiger partial charge in [0.05, 0.1) is 5.56 Å². The first-order valence-electron chi connectivity index (χ1n) is 6.14. The van der Waals surface area contributed by atoms with E-state index >= 15 is 0 Å². The standard InChI is InChI=1S/C13H13F4NO2/c14-9-6-7(4-5-8(9)13(15,16)17)10-2-1-3-11(18-10)12(19)20/h4-6,10-11,18H,1-3H2,(H,19,20). The molecule has 0 aliphatic carbocycles. The summed E-state index contributed by atoms with van der Waals surface area (Å²) < 4.78 is 50.9. The van der Waals surface area contributed by atoms with Crippen molar-refractivity contribution in [1.29, 1.82) is 0 Å². The molecule has 1 fully saturated rings. The Hall–Kier alpha value is -1.63. The third-order valence-corrected chi connectivity index (χ3v) is 3.39. The van der Waals surface area contributed by atoms with Gasteiger partial charge < -0.3 is 5.11 Å². The fourth-order valence-corrected chi connectivity index (χ4v) is 2.37. The molecule has 1 saturated heterocycles. The van der Waals surface area contributed by atoms with E-state index in [4.69, 9.17) is 5.11 Å². The Morgan fingerprint density at radius 2 is 2.00 bits per heavy atom. The number of hydrogen-bond acceptors (Lipinski definition) is 2. The summed E-state index contributed by atoms with van der Waals surface area (Å²) in [4.78, 5) is 10.9. The number of rotatable bonds is 2. The SMILES string of the molecule is O=C(O)C1CCCC(c2ccc(C(F)(F)F)c(F)c2)N1. The predicted octanol–water partition coefficient (Wildman–Crippen LogP) is 3.11. The van der Waals surface area contributed by atoms with Gasteiger partial charge >= 0.3 is 12.1 Å². The monoisotopic (exact) mass is 291 g/mol. The molecule has 2 atom stereocenters. The maximum absolute atomic E-state index is 13.5. The minimum absolute atomic E-state index is 0.335. The number of nitrogens with one attached hydrogen (secondary N) is 1. The Labute approximate surface area is 112 Å². The fourth-order valence-electron chi connectivity index (χ4n) is 2.37. The molecule has 1 heterocycles. The fraction of sp³-hybridized carbons (Fsp3) is 0.462. The number of carboxylic acid groups (broad SMARTS) is 1. The number of halogens is 4. The summed E-state index contributed by atoms with van der Waals surface area (Å²) in [5, 5.41) is 11.7. The molecular weight excluding hydrogens is 278 g/mol. The molecule has 1 aliphatic heterocycles. The molecule has 0 spiro atoms.